The lowest BCUT2D eigenvalue weighted by Crippen LogP contribution is -1.93. The van der Waals surface area contributed by atoms with Gasteiger partial charge in [0.2, 0.25) is 0 Å². The molecule has 2 heterocycles. The van der Waals surface area contributed by atoms with Gasteiger partial charge < -0.3 is 5.73 Å². The average molecular weight is 264 g/mol. The topological polar surface area (TPSA) is 67.6 Å². The summed E-state index contributed by atoms with van der Waals surface area (Å²) in [5.74, 6) is 0.473. The number of H-pyrrole nitrogens is 1. The third kappa shape index (κ3) is 1.95. The molecule has 4 nitrogen and oxygen atoms in total. The van der Waals surface area contributed by atoms with Crippen LogP contribution in [0, 0.1) is 13.8 Å². The third-order valence-electron chi connectivity index (χ3n) is 3.45. The zero-order chi connectivity index (χ0) is 14.1. The Labute approximate surface area is 117 Å². The molecule has 3 aromatic rings. The summed E-state index contributed by atoms with van der Waals surface area (Å²) in [7, 11) is 0. The minimum atomic E-state index is 0.473. The normalized spacial score (nSPS) is 10.7. The maximum Gasteiger partial charge on any atom is 0.155 e. The standard InChI is InChI=1S/C16H16N4/c1-10-6-5-7-11(2)13(10)15-14(16(17)20-19-15)12-8-3-4-9-18-12/h3-9H,1-2H3,(H3,17,19,20). The van der Waals surface area contributed by atoms with E-state index in [4.69, 9.17) is 5.73 Å². The van der Waals surface area contributed by atoms with Crippen molar-refractivity contribution in [3.05, 3.63) is 53.7 Å². The lowest BCUT2D eigenvalue weighted by molar-refractivity contribution is 1.10. The summed E-state index contributed by atoms with van der Waals surface area (Å²) in [4.78, 5) is 4.39. The maximum absolute atomic E-state index is 6.03. The molecular weight excluding hydrogens is 248 g/mol. The van der Waals surface area contributed by atoms with E-state index in [0.29, 0.717) is 5.82 Å². The van der Waals surface area contributed by atoms with Crippen molar-refractivity contribution in [2.24, 2.45) is 0 Å². The number of rotatable bonds is 2. The Kier molecular flexibility index (Phi) is 2.99. The quantitative estimate of drug-likeness (QED) is 0.746. The van der Waals surface area contributed by atoms with E-state index in [2.05, 4.69) is 41.2 Å². The number of pyridine rings is 1. The number of anilines is 1. The summed E-state index contributed by atoms with van der Waals surface area (Å²) < 4.78 is 0. The molecule has 0 aliphatic heterocycles. The number of aromatic amines is 1. The van der Waals surface area contributed by atoms with Crippen LogP contribution in [0.25, 0.3) is 22.5 Å². The molecule has 20 heavy (non-hydrogen) atoms. The molecule has 0 saturated carbocycles. The van der Waals surface area contributed by atoms with Crippen LogP contribution in [-0.4, -0.2) is 15.2 Å². The molecule has 0 bridgehead atoms. The molecule has 3 rings (SSSR count). The van der Waals surface area contributed by atoms with E-state index >= 15 is 0 Å². The number of hydrogen-bond acceptors (Lipinski definition) is 3. The van der Waals surface area contributed by atoms with E-state index in [0.717, 1.165) is 22.5 Å². The van der Waals surface area contributed by atoms with Crippen LogP contribution in [0.4, 0.5) is 5.82 Å². The van der Waals surface area contributed by atoms with Crippen molar-refractivity contribution in [2.45, 2.75) is 13.8 Å². The van der Waals surface area contributed by atoms with Gasteiger partial charge in [0.1, 0.15) is 0 Å². The molecule has 0 saturated heterocycles. The first-order chi connectivity index (χ1) is 9.68. The Balaban J connectivity index is 2.27. The van der Waals surface area contributed by atoms with Gasteiger partial charge >= 0.3 is 0 Å². The summed E-state index contributed by atoms with van der Waals surface area (Å²) >= 11 is 0. The highest BCUT2D eigenvalue weighted by Gasteiger charge is 2.18. The Bertz CT molecular complexity index is 724. The third-order valence-corrected chi connectivity index (χ3v) is 3.45. The minimum absolute atomic E-state index is 0.473. The first kappa shape index (κ1) is 12.4. The van der Waals surface area contributed by atoms with Crippen LogP contribution in [-0.2, 0) is 0 Å². The second-order valence-corrected chi connectivity index (χ2v) is 4.84. The van der Waals surface area contributed by atoms with Gasteiger partial charge in [-0.2, -0.15) is 5.10 Å². The highest BCUT2D eigenvalue weighted by atomic mass is 15.2. The SMILES string of the molecule is Cc1cccc(C)c1-c1[nH]nc(N)c1-c1ccccn1. The fourth-order valence-electron chi connectivity index (χ4n) is 2.52. The molecule has 0 atom stereocenters. The van der Waals surface area contributed by atoms with Crippen LogP contribution in [0.2, 0.25) is 0 Å². The Morgan fingerprint density at radius 2 is 1.70 bits per heavy atom. The molecule has 4 heteroatoms. The number of nitrogens with two attached hydrogens (primary N) is 1. The van der Waals surface area contributed by atoms with Gasteiger partial charge in [0, 0.05) is 11.8 Å². The molecule has 0 spiro atoms. The average Bonchev–Trinajstić information content (AvgIpc) is 2.81. The molecule has 100 valence electrons. The van der Waals surface area contributed by atoms with Gasteiger partial charge in [-0.25, -0.2) is 0 Å². The maximum atomic E-state index is 6.03. The molecule has 0 unspecified atom stereocenters. The van der Waals surface area contributed by atoms with Crippen LogP contribution in [0.3, 0.4) is 0 Å². The fourth-order valence-corrected chi connectivity index (χ4v) is 2.52. The smallest absolute Gasteiger partial charge is 0.155 e. The van der Waals surface area contributed by atoms with Gasteiger partial charge in [0.25, 0.3) is 0 Å². The van der Waals surface area contributed by atoms with Crippen molar-refractivity contribution in [3.8, 4) is 22.5 Å². The highest BCUT2D eigenvalue weighted by molar-refractivity contribution is 5.88. The number of aromatic nitrogens is 3. The lowest BCUT2D eigenvalue weighted by Gasteiger charge is -2.10. The molecule has 0 radical (unpaired) electrons. The molecule has 0 amide bonds. The van der Waals surface area contributed by atoms with Gasteiger partial charge in [-0.05, 0) is 37.1 Å². The number of nitrogens with zero attached hydrogens (tertiary/aromatic N) is 2. The summed E-state index contributed by atoms with van der Waals surface area (Å²) in [6, 6.07) is 12.0. The molecule has 1 aromatic carbocycles. The van der Waals surface area contributed by atoms with Crippen LogP contribution in [0.1, 0.15) is 11.1 Å². The van der Waals surface area contributed by atoms with Crippen molar-refractivity contribution < 1.29 is 0 Å². The number of aryl methyl sites for hydroxylation is 2. The van der Waals surface area contributed by atoms with Gasteiger partial charge in [-0.1, -0.05) is 24.3 Å². The zero-order valence-electron chi connectivity index (χ0n) is 11.5. The van der Waals surface area contributed by atoms with Crippen molar-refractivity contribution in [2.75, 3.05) is 5.73 Å². The van der Waals surface area contributed by atoms with Crippen LogP contribution >= 0.6 is 0 Å². The highest BCUT2D eigenvalue weighted by Crippen LogP contribution is 2.36. The number of benzene rings is 1. The van der Waals surface area contributed by atoms with E-state index in [-0.39, 0.29) is 0 Å². The molecule has 2 aromatic heterocycles. The first-order valence-electron chi connectivity index (χ1n) is 6.50. The van der Waals surface area contributed by atoms with E-state index in [1.54, 1.807) is 6.20 Å². The van der Waals surface area contributed by atoms with Gasteiger partial charge in [-0.15, -0.1) is 0 Å². The second kappa shape index (κ2) is 4.81. The number of nitrogens with one attached hydrogen (secondary N) is 1. The molecule has 0 aliphatic carbocycles. The second-order valence-electron chi connectivity index (χ2n) is 4.84. The minimum Gasteiger partial charge on any atom is -0.382 e. The predicted molar refractivity (Wildman–Crippen MR) is 81.1 cm³/mol. The van der Waals surface area contributed by atoms with E-state index in [1.807, 2.05) is 24.3 Å². The number of hydrogen-bond donors (Lipinski definition) is 2. The number of nitrogen functional groups attached to an aromatic ring is 1. The molecule has 0 fully saturated rings. The largest absolute Gasteiger partial charge is 0.382 e. The van der Waals surface area contributed by atoms with Gasteiger partial charge in [0.15, 0.2) is 5.82 Å². The fraction of sp³-hybridized carbons (Fsp3) is 0.125. The van der Waals surface area contributed by atoms with Crippen LogP contribution < -0.4 is 5.73 Å². The van der Waals surface area contributed by atoms with Crippen LogP contribution in [0.15, 0.2) is 42.6 Å². The molecule has 3 N–H and O–H groups in total. The van der Waals surface area contributed by atoms with E-state index < -0.39 is 0 Å². The molecule has 0 aliphatic rings. The van der Waals surface area contributed by atoms with Crippen molar-refractivity contribution in [1.82, 2.24) is 15.2 Å². The summed E-state index contributed by atoms with van der Waals surface area (Å²) in [6.45, 7) is 4.17. The van der Waals surface area contributed by atoms with Crippen LogP contribution in [0.5, 0.6) is 0 Å². The predicted octanol–water partition coefficient (Wildman–Crippen LogP) is 3.34. The Morgan fingerprint density at radius 1 is 0.950 bits per heavy atom. The summed E-state index contributed by atoms with van der Waals surface area (Å²) in [5, 5.41) is 7.22. The van der Waals surface area contributed by atoms with Crippen molar-refractivity contribution in [1.29, 1.82) is 0 Å². The van der Waals surface area contributed by atoms with Gasteiger partial charge in [0.05, 0.1) is 17.0 Å². The van der Waals surface area contributed by atoms with Crippen molar-refractivity contribution in [3.63, 3.8) is 0 Å². The molecular formula is C16H16N4. The Morgan fingerprint density at radius 3 is 2.35 bits per heavy atom. The van der Waals surface area contributed by atoms with E-state index in [1.165, 1.54) is 11.1 Å². The Hall–Kier alpha value is -2.62. The lowest BCUT2D eigenvalue weighted by atomic mass is 9.96. The zero-order valence-corrected chi connectivity index (χ0v) is 11.5. The summed E-state index contributed by atoms with van der Waals surface area (Å²) in [5.41, 5.74) is 12.2. The first-order valence-corrected chi connectivity index (χ1v) is 6.50. The van der Waals surface area contributed by atoms with Gasteiger partial charge in [-0.3, -0.25) is 10.1 Å². The monoisotopic (exact) mass is 264 g/mol. The summed E-state index contributed by atoms with van der Waals surface area (Å²) in [6.07, 6.45) is 1.76. The van der Waals surface area contributed by atoms with E-state index in [9.17, 15) is 0 Å². The van der Waals surface area contributed by atoms with Crippen molar-refractivity contribution >= 4 is 5.82 Å².